The Morgan fingerprint density at radius 2 is 1.94 bits per heavy atom. The minimum absolute atomic E-state index is 0.0240. The maximum Gasteiger partial charge on any atom is 0.328 e. The lowest BCUT2D eigenvalue weighted by Gasteiger charge is -2.35. The van der Waals surface area contributed by atoms with Gasteiger partial charge in [-0.05, 0) is 12.2 Å². The van der Waals surface area contributed by atoms with Crippen molar-refractivity contribution < 1.29 is 9.59 Å². The van der Waals surface area contributed by atoms with Crippen LogP contribution in [-0.2, 0) is 28.3 Å². The molecule has 4 rings (SSSR count). The van der Waals surface area contributed by atoms with Gasteiger partial charge in [0.2, 0.25) is 11.8 Å². The van der Waals surface area contributed by atoms with Gasteiger partial charge >= 0.3 is 5.69 Å². The number of fused-ring (bicyclic) bond motifs is 1. The van der Waals surface area contributed by atoms with Crippen LogP contribution in [0.5, 0.6) is 0 Å². The predicted molar refractivity (Wildman–Crippen MR) is 124 cm³/mol. The van der Waals surface area contributed by atoms with Crippen molar-refractivity contribution in [1.29, 1.82) is 5.26 Å². The van der Waals surface area contributed by atoms with E-state index in [2.05, 4.69) is 20.3 Å². The van der Waals surface area contributed by atoms with E-state index in [1.807, 2.05) is 11.0 Å². The third-order valence-corrected chi connectivity index (χ3v) is 6.85. The van der Waals surface area contributed by atoms with E-state index >= 15 is 0 Å². The van der Waals surface area contributed by atoms with Gasteiger partial charge in [0.1, 0.15) is 6.07 Å². The number of nitrogens with one attached hydrogen (secondary N) is 2. The second-order valence-electron chi connectivity index (χ2n) is 7.87. The zero-order valence-electron chi connectivity index (χ0n) is 18.5. The molecule has 2 aromatic rings. The summed E-state index contributed by atoms with van der Waals surface area (Å²) < 4.78 is 1.46. The molecule has 13 heteroatoms. The molecule has 2 aromatic heterocycles. The van der Waals surface area contributed by atoms with Crippen LogP contribution in [0.3, 0.4) is 0 Å². The third-order valence-electron chi connectivity index (χ3n) is 5.86. The molecule has 0 atom stereocenters. The number of piperazine rings is 1. The number of hydrogen-bond donors (Lipinski definition) is 2. The summed E-state index contributed by atoms with van der Waals surface area (Å²) in [6.45, 7) is 1.89. The molecule has 0 unspecified atom stereocenters. The highest BCUT2D eigenvalue weighted by atomic mass is 32.2. The molecule has 2 amide bonds. The van der Waals surface area contributed by atoms with Crippen LogP contribution < -0.4 is 21.5 Å². The molecule has 1 saturated heterocycles. The molecule has 0 spiro atoms. The maximum absolute atomic E-state index is 12.5. The second-order valence-corrected chi connectivity index (χ2v) is 8.98. The van der Waals surface area contributed by atoms with Gasteiger partial charge in [0.05, 0.1) is 6.54 Å². The minimum atomic E-state index is -0.514. The molecule has 0 saturated carbocycles. The standard InChI is InChI=1S/C21H24N8O4S/c22-11-15-19(24-4-3-23-15)28-8-6-27(7-9-28)18(31)12-25-17(30)1-5-29-16-2-10-34-13-14(16)20(32)26-21(29)33/h3-4H,1-2,5-10,12-13H2,(H,25,30)(H,26,32,33). The van der Waals surface area contributed by atoms with Crippen LogP contribution >= 0.6 is 11.8 Å². The number of thioether (sulfide) groups is 1. The molecule has 2 aliphatic heterocycles. The molecule has 0 aromatic carbocycles. The van der Waals surface area contributed by atoms with E-state index in [4.69, 9.17) is 0 Å². The lowest BCUT2D eigenvalue weighted by molar-refractivity contribution is -0.133. The fourth-order valence-electron chi connectivity index (χ4n) is 4.07. The smallest absolute Gasteiger partial charge is 0.328 e. The van der Waals surface area contributed by atoms with Gasteiger partial charge in [-0.2, -0.15) is 17.0 Å². The topological polar surface area (TPSA) is 157 Å². The van der Waals surface area contributed by atoms with Gasteiger partial charge in [-0.1, -0.05) is 0 Å². The number of nitrogens with zero attached hydrogens (tertiary/aromatic N) is 6. The van der Waals surface area contributed by atoms with Crippen LogP contribution in [0.2, 0.25) is 0 Å². The number of amides is 2. The Hall–Kier alpha value is -3.66. The Morgan fingerprint density at radius 3 is 2.71 bits per heavy atom. The molecule has 1 fully saturated rings. The van der Waals surface area contributed by atoms with Crippen LogP contribution in [0, 0.1) is 11.3 Å². The first-order chi connectivity index (χ1) is 16.5. The highest BCUT2D eigenvalue weighted by molar-refractivity contribution is 7.98. The largest absolute Gasteiger partial charge is 0.351 e. The molecular weight excluding hydrogens is 460 g/mol. The quantitative estimate of drug-likeness (QED) is 0.516. The molecular formula is C21H24N8O4S. The monoisotopic (exact) mass is 484 g/mol. The third kappa shape index (κ3) is 5.12. The van der Waals surface area contributed by atoms with Crippen molar-refractivity contribution in [2.24, 2.45) is 0 Å². The van der Waals surface area contributed by atoms with Crippen molar-refractivity contribution in [3.63, 3.8) is 0 Å². The first kappa shape index (κ1) is 23.5. The van der Waals surface area contributed by atoms with Crippen molar-refractivity contribution in [2.75, 3.05) is 43.4 Å². The Bertz CT molecular complexity index is 1240. The van der Waals surface area contributed by atoms with Gasteiger partial charge in [0.25, 0.3) is 5.56 Å². The van der Waals surface area contributed by atoms with E-state index in [9.17, 15) is 24.4 Å². The Labute approximate surface area is 199 Å². The van der Waals surface area contributed by atoms with Crippen LogP contribution in [0.15, 0.2) is 22.0 Å². The highest BCUT2D eigenvalue weighted by Gasteiger charge is 2.24. The average molecular weight is 485 g/mol. The van der Waals surface area contributed by atoms with Crippen LogP contribution in [0.25, 0.3) is 0 Å². The number of nitriles is 1. The summed E-state index contributed by atoms with van der Waals surface area (Å²) in [5, 5.41) is 11.8. The van der Waals surface area contributed by atoms with Crippen molar-refractivity contribution in [1.82, 2.24) is 29.7 Å². The normalized spacial score (nSPS) is 15.4. The fourth-order valence-corrected chi connectivity index (χ4v) is 5.05. The van der Waals surface area contributed by atoms with E-state index in [1.165, 1.54) is 17.0 Å². The van der Waals surface area contributed by atoms with E-state index in [0.717, 1.165) is 5.75 Å². The van der Waals surface area contributed by atoms with E-state index in [1.54, 1.807) is 16.7 Å². The number of aromatic nitrogens is 4. The summed E-state index contributed by atoms with van der Waals surface area (Å²) in [5.74, 6) is 1.32. The van der Waals surface area contributed by atoms with Crippen molar-refractivity contribution in [3.8, 4) is 6.07 Å². The van der Waals surface area contributed by atoms with Gasteiger partial charge in [0, 0.05) is 68.5 Å². The van der Waals surface area contributed by atoms with E-state index in [0.29, 0.717) is 55.4 Å². The lowest BCUT2D eigenvalue weighted by atomic mass is 10.2. The fraction of sp³-hybridized carbons (Fsp3) is 0.476. The maximum atomic E-state index is 12.5. The van der Waals surface area contributed by atoms with Gasteiger partial charge < -0.3 is 15.1 Å². The zero-order chi connectivity index (χ0) is 24.1. The predicted octanol–water partition coefficient (Wildman–Crippen LogP) is -1.16. The molecule has 178 valence electrons. The SMILES string of the molecule is N#Cc1nccnc1N1CCN(C(=O)CNC(=O)CCn2c3c(c(=O)[nH]c2=O)CSCC3)CC1. The number of anilines is 1. The van der Waals surface area contributed by atoms with Crippen LogP contribution in [0.4, 0.5) is 5.82 Å². The molecule has 0 radical (unpaired) electrons. The second kappa shape index (κ2) is 10.5. The number of rotatable bonds is 6. The molecule has 34 heavy (non-hydrogen) atoms. The van der Waals surface area contributed by atoms with Gasteiger partial charge in [0.15, 0.2) is 11.5 Å². The highest BCUT2D eigenvalue weighted by Crippen LogP contribution is 2.20. The summed E-state index contributed by atoms with van der Waals surface area (Å²) in [6, 6.07) is 2.02. The Kier molecular flexibility index (Phi) is 7.27. The number of carbonyl (C=O) groups is 2. The Balaban J connectivity index is 1.26. The minimum Gasteiger partial charge on any atom is -0.351 e. The lowest BCUT2D eigenvalue weighted by Crippen LogP contribution is -2.51. The molecule has 2 N–H and O–H groups in total. The molecule has 0 bridgehead atoms. The van der Waals surface area contributed by atoms with Crippen LogP contribution in [-0.4, -0.2) is 74.7 Å². The average Bonchev–Trinajstić information content (AvgIpc) is 2.87. The number of aromatic amines is 1. The van der Waals surface area contributed by atoms with Gasteiger partial charge in [-0.25, -0.2) is 14.8 Å². The first-order valence-electron chi connectivity index (χ1n) is 10.9. The molecule has 0 aliphatic carbocycles. The van der Waals surface area contributed by atoms with E-state index < -0.39 is 5.69 Å². The molecule has 2 aliphatic rings. The van der Waals surface area contributed by atoms with Crippen molar-refractivity contribution in [2.45, 2.75) is 25.1 Å². The van der Waals surface area contributed by atoms with Crippen molar-refractivity contribution >= 4 is 29.4 Å². The summed E-state index contributed by atoms with van der Waals surface area (Å²) >= 11 is 1.64. The molecule has 12 nitrogen and oxygen atoms in total. The van der Waals surface area contributed by atoms with Crippen molar-refractivity contribution in [3.05, 3.63) is 50.2 Å². The van der Waals surface area contributed by atoms with Gasteiger partial charge in [-0.15, -0.1) is 0 Å². The number of carbonyl (C=O) groups excluding carboxylic acids is 2. The summed E-state index contributed by atoms with van der Waals surface area (Å²) in [6.07, 6.45) is 3.62. The summed E-state index contributed by atoms with van der Waals surface area (Å²) in [5.41, 5.74) is 0.656. The number of H-pyrrole nitrogens is 1. The van der Waals surface area contributed by atoms with Gasteiger partial charge in [-0.3, -0.25) is 23.9 Å². The zero-order valence-corrected chi connectivity index (χ0v) is 19.3. The Morgan fingerprint density at radius 1 is 1.18 bits per heavy atom. The van der Waals surface area contributed by atoms with Crippen LogP contribution in [0.1, 0.15) is 23.4 Å². The molecule has 4 heterocycles. The number of hydrogen-bond acceptors (Lipinski definition) is 9. The summed E-state index contributed by atoms with van der Waals surface area (Å²) in [7, 11) is 0. The van der Waals surface area contributed by atoms with E-state index in [-0.39, 0.29) is 42.6 Å². The first-order valence-corrected chi connectivity index (χ1v) is 12.1. The summed E-state index contributed by atoms with van der Waals surface area (Å²) in [4.78, 5) is 63.2.